The van der Waals surface area contributed by atoms with Crippen LogP contribution in [0.15, 0.2) is 30.3 Å². The van der Waals surface area contributed by atoms with Crippen molar-refractivity contribution in [2.45, 2.75) is 32.0 Å². The molecule has 0 radical (unpaired) electrons. The lowest BCUT2D eigenvalue weighted by molar-refractivity contribution is -0.142. The molecule has 19 heavy (non-hydrogen) atoms. The molecule has 1 aromatic carbocycles. The van der Waals surface area contributed by atoms with E-state index in [4.69, 9.17) is 4.74 Å². The maximum atomic E-state index is 11.4. The standard InChI is InChI=1S/C15H22N2O2/c1-12(15(18)19-2)16-14-8-9-17(11-14)10-13-6-4-3-5-7-13/h3-7,12,14,16H,8-11H2,1-2H3/t12-,14?/m0/s1. The molecule has 1 N–H and O–H groups in total. The van der Waals surface area contributed by atoms with Crippen LogP contribution in [0.3, 0.4) is 0 Å². The number of methoxy groups -OCH3 is 1. The average molecular weight is 262 g/mol. The summed E-state index contributed by atoms with van der Waals surface area (Å²) in [5.41, 5.74) is 1.34. The van der Waals surface area contributed by atoms with E-state index in [9.17, 15) is 4.79 Å². The van der Waals surface area contributed by atoms with Gasteiger partial charge in [-0.3, -0.25) is 9.69 Å². The first kappa shape index (κ1) is 14.0. The van der Waals surface area contributed by atoms with Crippen LogP contribution in [0.25, 0.3) is 0 Å². The van der Waals surface area contributed by atoms with Crippen molar-refractivity contribution in [1.82, 2.24) is 10.2 Å². The van der Waals surface area contributed by atoms with Gasteiger partial charge in [0, 0.05) is 25.7 Å². The lowest BCUT2D eigenvalue weighted by Crippen LogP contribution is -2.43. The third-order valence-corrected chi connectivity index (χ3v) is 3.56. The number of carbonyl (C=O) groups excluding carboxylic acids is 1. The fourth-order valence-corrected chi connectivity index (χ4v) is 2.55. The number of rotatable bonds is 5. The van der Waals surface area contributed by atoms with Gasteiger partial charge in [-0.15, -0.1) is 0 Å². The van der Waals surface area contributed by atoms with Gasteiger partial charge >= 0.3 is 5.97 Å². The minimum absolute atomic E-state index is 0.193. The summed E-state index contributed by atoms with van der Waals surface area (Å²) in [6.45, 7) is 4.88. The van der Waals surface area contributed by atoms with Gasteiger partial charge in [0.25, 0.3) is 0 Å². The van der Waals surface area contributed by atoms with Crippen LogP contribution in [0.1, 0.15) is 18.9 Å². The molecule has 0 bridgehead atoms. The predicted molar refractivity (Wildman–Crippen MR) is 74.7 cm³/mol. The maximum absolute atomic E-state index is 11.4. The second-order valence-electron chi connectivity index (χ2n) is 5.12. The molecule has 4 nitrogen and oxygen atoms in total. The highest BCUT2D eigenvalue weighted by molar-refractivity contribution is 5.75. The summed E-state index contributed by atoms with van der Waals surface area (Å²) >= 11 is 0. The number of nitrogens with zero attached hydrogens (tertiary/aromatic N) is 1. The summed E-state index contributed by atoms with van der Waals surface area (Å²) < 4.78 is 4.73. The van der Waals surface area contributed by atoms with Crippen LogP contribution >= 0.6 is 0 Å². The number of benzene rings is 1. The summed E-state index contributed by atoms with van der Waals surface area (Å²) in [4.78, 5) is 13.8. The van der Waals surface area contributed by atoms with Gasteiger partial charge in [0.1, 0.15) is 6.04 Å². The highest BCUT2D eigenvalue weighted by atomic mass is 16.5. The van der Waals surface area contributed by atoms with Gasteiger partial charge in [0.2, 0.25) is 0 Å². The second-order valence-corrected chi connectivity index (χ2v) is 5.12. The Bertz CT molecular complexity index is 408. The van der Waals surface area contributed by atoms with Gasteiger partial charge in [0.15, 0.2) is 0 Å². The third-order valence-electron chi connectivity index (χ3n) is 3.56. The smallest absolute Gasteiger partial charge is 0.322 e. The topological polar surface area (TPSA) is 41.6 Å². The maximum Gasteiger partial charge on any atom is 0.322 e. The van der Waals surface area contributed by atoms with Crippen molar-refractivity contribution in [2.24, 2.45) is 0 Å². The van der Waals surface area contributed by atoms with E-state index in [0.29, 0.717) is 6.04 Å². The molecule has 1 unspecified atom stereocenters. The SMILES string of the molecule is COC(=O)[C@H](C)NC1CCN(Cc2ccccc2)C1. The number of ether oxygens (including phenoxy) is 1. The summed E-state index contributed by atoms with van der Waals surface area (Å²) in [5, 5.41) is 3.33. The number of nitrogens with one attached hydrogen (secondary N) is 1. The first-order chi connectivity index (χ1) is 9.19. The minimum atomic E-state index is -0.230. The molecule has 1 aliphatic heterocycles. The largest absolute Gasteiger partial charge is 0.468 e. The Morgan fingerprint density at radius 1 is 1.47 bits per heavy atom. The summed E-state index contributed by atoms with van der Waals surface area (Å²) in [5.74, 6) is -0.193. The van der Waals surface area contributed by atoms with E-state index in [1.165, 1.54) is 12.7 Å². The molecule has 1 aliphatic rings. The Labute approximate surface area is 114 Å². The normalized spacial score (nSPS) is 21.3. The zero-order valence-electron chi connectivity index (χ0n) is 11.6. The Hall–Kier alpha value is -1.39. The van der Waals surface area contributed by atoms with E-state index in [-0.39, 0.29) is 12.0 Å². The number of esters is 1. The number of hydrogen-bond donors (Lipinski definition) is 1. The van der Waals surface area contributed by atoms with Crippen LogP contribution in [-0.4, -0.2) is 43.2 Å². The highest BCUT2D eigenvalue weighted by Gasteiger charge is 2.25. The zero-order valence-corrected chi connectivity index (χ0v) is 11.6. The van der Waals surface area contributed by atoms with Crippen LogP contribution in [-0.2, 0) is 16.1 Å². The van der Waals surface area contributed by atoms with Crippen LogP contribution in [0.4, 0.5) is 0 Å². The molecule has 0 amide bonds. The van der Waals surface area contributed by atoms with Crippen LogP contribution in [0, 0.1) is 0 Å². The molecule has 1 saturated heterocycles. The fourth-order valence-electron chi connectivity index (χ4n) is 2.55. The van der Waals surface area contributed by atoms with E-state index in [0.717, 1.165) is 26.1 Å². The van der Waals surface area contributed by atoms with Crippen molar-refractivity contribution >= 4 is 5.97 Å². The number of hydrogen-bond acceptors (Lipinski definition) is 4. The molecular weight excluding hydrogens is 240 g/mol. The molecule has 0 saturated carbocycles. The number of carbonyl (C=O) groups is 1. The summed E-state index contributed by atoms with van der Waals surface area (Å²) in [6, 6.07) is 10.6. The van der Waals surface area contributed by atoms with Crippen molar-refractivity contribution in [2.75, 3.05) is 20.2 Å². The zero-order chi connectivity index (χ0) is 13.7. The molecule has 4 heteroatoms. The second kappa shape index (κ2) is 6.68. The Kier molecular flexibility index (Phi) is 4.93. The summed E-state index contributed by atoms with van der Waals surface area (Å²) in [7, 11) is 1.43. The third kappa shape index (κ3) is 4.04. The van der Waals surface area contributed by atoms with E-state index < -0.39 is 0 Å². The molecule has 0 aliphatic carbocycles. The van der Waals surface area contributed by atoms with Crippen molar-refractivity contribution in [1.29, 1.82) is 0 Å². The molecule has 2 rings (SSSR count). The Morgan fingerprint density at radius 3 is 2.89 bits per heavy atom. The van der Waals surface area contributed by atoms with Gasteiger partial charge in [0.05, 0.1) is 7.11 Å². The molecular formula is C15H22N2O2. The van der Waals surface area contributed by atoms with Gasteiger partial charge in [-0.2, -0.15) is 0 Å². The molecule has 1 fully saturated rings. The summed E-state index contributed by atoms with van der Waals surface area (Å²) in [6.07, 6.45) is 1.08. The van der Waals surface area contributed by atoms with Crippen LogP contribution in [0.2, 0.25) is 0 Å². The van der Waals surface area contributed by atoms with Crippen LogP contribution < -0.4 is 5.32 Å². The van der Waals surface area contributed by atoms with Gasteiger partial charge < -0.3 is 10.1 Å². The minimum Gasteiger partial charge on any atom is -0.468 e. The molecule has 0 aromatic heterocycles. The van der Waals surface area contributed by atoms with E-state index in [2.05, 4.69) is 34.5 Å². The van der Waals surface area contributed by atoms with E-state index >= 15 is 0 Å². The van der Waals surface area contributed by atoms with Crippen molar-refractivity contribution in [3.63, 3.8) is 0 Å². The molecule has 0 spiro atoms. The fraction of sp³-hybridized carbons (Fsp3) is 0.533. The van der Waals surface area contributed by atoms with Gasteiger partial charge in [-0.05, 0) is 18.9 Å². The highest BCUT2D eigenvalue weighted by Crippen LogP contribution is 2.14. The van der Waals surface area contributed by atoms with Crippen molar-refractivity contribution in [3.05, 3.63) is 35.9 Å². The Balaban J connectivity index is 1.79. The molecule has 1 heterocycles. The quantitative estimate of drug-likeness (QED) is 0.815. The van der Waals surface area contributed by atoms with E-state index in [1.807, 2.05) is 13.0 Å². The lowest BCUT2D eigenvalue weighted by Gasteiger charge is -2.19. The molecule has 104 valence electrons. The molecule has 1 aromatic rings. The van der Waals surface area contributed by atoms with Crippen LogP contribution in [0.5, 0.6) is 0 Å². The lowest BCUT2D eigenvalue weighted by atomic mass is 10.2. The van der Waals surface area contributed by atoms with E-state index in [1.54, 1.807) is 0 Å². The Morgan fingerprint density at radius 2 is 2.21 bits per heavy atom. The average Bonchev–Trinajstić information content (AvgIpc) is 2.86. The molecule has 2 atom stereocenters. The first-order valence-corrected chi connectivity index (χ1v) is 6.79. The van der Waals surface area contributed by atoms with Crippen molar-refractivity contribution in [3.8, 4) is 0 Å². The van der Waals surface area contributed by atoms with Crippen molar-refractivity contribution < 1.29 is 9.53 Å². The van der Waals surface area contributed by atoms with Gasteiger partial charge in [-0.1, -0.05) is 30.3 Å². The monoisotopic (exact) mass is 262 g/mol. The predicted octanol–water partition coefficient (Wildman–Crippen LogP) is 1.41. The number of likely N-dealkylation sites (tertiary alicyclic amines) is 1. The first-order valence-electron chi connectivity index (χ1n) is 6.79. The van der Waals surface area contributed by atoms with Gasteiger partial charge in [-0.25, -0.2) is 0 Å².